The Morgan fingerprint density at radius 1 is 0.906 bits per heavy atom. The number of nitrogens with zero attached hydrogens (tertiary/aromatic N) is 2. The van der Waals surface area contributed by atoms with E-state index in [4.69, 9.17) is 11.5 Å². The molecule has 1 aliphatic heterocycles. The Kier molecular flexibility index (Phi) is 6.55. The van der Waals surface area contributed by atoms with E-state index in [-0.39, 0.29) is 36.5 Å². The minimum absolute atomic E-state index is 0.185. The molecule has 0 spiro atoms. The largest absolute Gasteiger partial charge is 0.369 e. The first kappa shape index (κ1) is 22.0. The van der Waals surface area contributed by atoms with Crippen LogP contribution in [0, 0.1) is 5.82 Å². The lowest BCUT2D eigenvalue weighted by Gasteiger charge is -2.34. The Hall–Kier alpha value is -3.19. The van der Waals surface area contributed by atoms with Crippen LogP contribution >= 0.6 is 0 Å². The molecule has 2 aromatic carbocycles. The van der Waals surface area contributed by atoms with Gasteiger partial charge in [0.05, 0.1) is 12.8 Å². The highest BCUT2D eigenvalue weighted by molar-refractivity contribution is 5.86. The second-order valence-electron chi connectivity index (χ2n) is 8.63. The van der Waals surface area contributed by atoms with Crippen molar-refractivity contribution in [2.75, 3.05) is 19.6 Å². The topological polar surface area (TPSA) is 94.4 Å². The molecule has 1 fully saturated rings. The number of nitrogens with two attached hydrogens (primary N) is 2. The van der Waals surface area contributed by atoms with Crippen molar-refractivity contribution in [1.82, 2.24) is 9.47 Å². The summed E-state index contributed by atoms with van der Waals surface area (Å²) in [6.45, 7) is 2.83. The van der Waals surface area contributed by atoms with E-state index >= 15 is 0 Å². The number of aromatic nitrogens is 1. The van der Waals surface area contributed by atoms with Crippen LogP contribution in [0.2, 0.25) is 0 Å². The molecule has 168 valence electrons. The van der Waals surface area contributed by atoms with E-state index in [1.165, 1.54) is 12.1 Å². The summed E-state index contributed by atoms with van der Waals surface area (Å²) in [7, 11) is 0. The van der Waals surface area contributed by atoms with Crippen LogP contribution in [-0.2, 0) is 28.9 Å². The maximum Gasteiger partial charge on any atom is 0.223 e. The van der Waals surface area contributed by atoms with Gasteiger partial charge in [0.1, 0.15) is 5.82 Å². The highest BCUT2D eigenvalue weighted by Crippen LogP contribution is 2.31. The number of amides is 2. The van der Waals surface area contributed by atoms with Gasteiger partial charge >= 0.3 is 0 Å². The lowest BCUT2D eigenvalue weighted by Crippen LogP contribution is -2.36. The Bertz CT molecular complexity index is 1110. The summed E-state index contributed by atoms with van der Waals surface area (Å²) >= 11 is 0. The van der Waals surface area contributed by atoms with Crippen molar-refractivity contribution in [1.29, 1.82) is 0 Å². The molecule has 0 bridgehead atoms. The number of likely N-dealkylation sites (tertiary alicyclic amines) is 1. The second kappa shape index (κ2) is 9.53. The van der Waals surface area contributed by atoms with Crippen LogP contribution in [0.25, 0.3) is 10.9 Å². The summed E-state index contributed by atoms with van der Waals surface area (Å²) in [6, 6.07) is 14.9. The molecule has 1 aliphatic rings. The molecule has 4 rings (SSSR count). The SMILES string of the molecule is NC(=O)Cc1ccc2cc(CC(N)=O)n(C3CCN(CCc4ccc(F)cc4)CC3)c2c1. The zero-order chi connectivity index (χ0) is 22.7. The Labute approximate surface area is 187 Å². The third kappa shape index (κ3) is 5.16. The Morgan fingerprint density at radius 3 is 2.22 bits per heavy atom. The first-order chi connectivity index (χ1) is 15.4. The molecule has 2 heterocycles. The van der Waals surface area contributed by atoms with Crippen molar-refractivity contribution in [3.63, 3.8) is 0 Å². The van der Waals surface area contributed by atoms with Gasteiger partial charge in [0.2, 0.25) is 11.8 Å². The van der Waals surface area contributed by atoms with Crippen LogP contribution in [-0.4, -0.2) is 40.9 Å². The van der Waals surface area contributed by atoms with Gasteiger partial charge in [-0.3, -0.25) is 9.59 Å². The number of hydrogen-bond donors (Lipinski definition) is 2. The summed E-state index contributed by atoms with van der Waals surface area (Å²) in [5.41, 5.74) is 14.8. The fourth-order valence-corrected chi connectivity index (χ4v) is 4.72. The van der Waals surface area contributed by atoms with Gasteiger partial charge in [-0.1, -0.05) is 24.3 Å². The average molecular weight is 437 g/mol. The smallest absolute Gasteiger partial charge is 0.223 e. The zero-order valence-electron chi connectivity index (χ0n) is 18.1. The molecule has 1 aromatic heterocycles. The van der Waals surface area contributed by atoms with E-state index in [9.17, 15) is 14.0 Å². The summed E-state index contributed by atoms with van der Waals surface area (Å²) in [5.74, 6) is -0.934. The monoisotopic (exact) mass is 436 g/mol. The Balaban J connectivity index is 1.50. The first-order valence-corrected chi connectivity index (χ1v) is 11.0. The molecule has 2 amide bonds. The molecule has 1 saturated heterocycles. The van der Waals surface area contributed by atoms with Crippen molar-refractivity contribution in [2.24, 2.45) is 11.5 Å². The number of hydrogen-bond acceptors (Lipinski definition) is 3. The van der Waals surface area contributed by atoms with Gasteiger partial charge in [0, 0.05) is 36.9 Å². The van der Waals surface area contributed by atoms with E-state index < -0.39 is 0 Å². The summed E-state index contributed by atoms with van der Waals surface area (Å²) < 4.78 is 15.3. The zero-order valence-corrected chi connectivity index (χ0v) is 18.1. The van der Waals surface area contributed by atoms with Crippen LogP contribution in [0.15, 0.2) is 48.5 Å². The van der Waals surface area contributed by atoms with Crippen LogP contribution in [0.3, 0.4) is 0 Å². The third-order valence-corrected chi connectivity index (χ3v) is 6.27. The number of carbonyl (C=O) groups excluding carboxylic acids is 2. The number of primary amides is 2. The van der Waals surface area contributed by atoms with Crippen LogP contribution in [0.5, 0.6) is 0 Å². The minimum Gasteiger partial charge on any atom is -0.369 e. The summed E-state index contributed by atoms with van der Waals surface area (Å²) in [5, 5.41) is 1.04. The van der Waals surface area contributed by atoms with Gasteiger partial charge in [-0.2, -0.15) is 0 Å². The highest BCUT2D eigenvalue weighted by atomic mass is 19.1. The van der Waals surface area contributed by atoms with Gasteiger partial charge in [-0.25, -0.2) is 4.39 Å². The van der Waals surface area contributed by atoms with Gasteiger partial charge in [0.25, 0.3) is 0 Å². The van der Waals surface area contributed by atoms with Crippen LogP contribution in [0.4, 0.5) is 4.39 Å². The second-order valence-corrected chi connectivity index (χ2v) is 8.63. The standard InChI is InChI=1S/C25H29FN4O2/c26-20-5-2-17(3-6-20)7-10-29-11-8-21(9-12-29)30-22(16-25(28)32)15-19-4-1-18(13-23(19)30)14-24(27)31/h1-6,13,15,21H,7-12,14,16H2,(H2,27,31)(H2,28,32). The van der Waals surface area contributed by atoms with Crippen molar-refractivity contribution >= 4 is 22.7 Å². The maximum atomic E-state index is 13.1. The fraction of sp³-hybridized carbons (Fsp3) is 0.360. The molecule has 6 nitrogen and oxygen atoms in total. The molecule has 0 aliphatic carbocycles. The van der Waals surface area contributed by atoms with Crippen LogP contribution in [0.1, 0.15) is 35.7 Å². The quantitative estimate of drug-likeness (QED) is 0.568. The molecular formula is C25H29FN4O2. The number of rotatable bonds is 8. The number of piperidine rings is 1. The molecule has 0 saturated carbocycles. The van der Waals surface area contributed by atoms with Crippen LogP contribution < -0.4 is 11.5 Å². The number of halogens is 1. The van der Waals surface area contributed by atoms with E-state index in [0.29, 0.717) is 0 Å². The predicted molar refractivity (Wildman–Crippen MR) is 123 cm³/mol. The molecule has 3 aromatic rings. The molecule has 4 N–H and O–H groups in total. The number of benzene rings is 2. The third-order valence-electron chi connectivity index (χ3n) is 6.27. The minimum atomic E-state index is -0.366. The summed E-state index contributed by atoms with van der Waals surface area (Å²) in [4.78, 5) is 25.5. The van der Waals surface area contributed by atoms with Crippen molar-refractivity contribution < 1.29 is 14.0 Å². The van der Waals surface area contributed by atoms with E-state index in [1.807, 2.05) is 36.4 Å². The maximum absolute atomic E-state index is 13.1. The van der Waals surface area contributed by atoms with E-state index in [1.54, 1.807) is 0 Å². The first-order valence-electron chi connectivity index (χ1n) is 11.0. The molecule has 0 atom stereocenters. The van der Waals surface area contributed by atoms with Gasteiger partial charge in [0.15, 0.2) is 0 Å². The normalized spacial score (nSPS) is 15.3. The average Bonchev–Trinajstić information content (AvgIpc) is 3.09. The Morgan fingerprint density at radius 2 is 1.56 bits per heavy atom. The van der Waals surface area contributed by atoms with Crippen molar-refractivity contribution in [3.05, 3.63) is 71.2 Å². The molecule has 32 heavy (non-hydrogen) atoms. The number of carbonyl (C=O) groups is 2. The van der Waals surface area contributed by atoms with Crippen molar-refractivity contribution in [3.8, 4) is 0 Å². The predicted octanol–water partition coefficient (Wildman–Crippen LogP) is 2.72. The van der Waals surface area contributed by atoms with Gasteiger partial charge in [-0.15, -0.1) is 0 Å². The van der Waals surface area contributed by atoms with E-state index in [0.717, 1.165) is 66.6 Å². The van der Waals surface area contributed by atoms with Gasteiger partial charge in [-0.05, 0) is 60.0 Å². The van der Waals surface area contributed by atoms with Crippen molar-refractivity contribution in [2.45, 2.75) is 38.1 Å². The number of fused-ring (bicyclic) bond motifs is 1. The molecule has 7 heteroatoms. The molecule has 0 radical (unpaired) electrons. The highest BCUT2D eigenvalue weighted by Gasteiger charge is 2.24. The summed E-state index contributed by atoms with van der Waals surface area (Å²) in [6.07, 6.45) is 3.18. The lowest BCUT2D eigenvalue weighted by atomic mass is 10.0. The lowest BCUT2D eigenvalue weighted by molar-refractivity contribution is -0.118. The molecular weight excluding hydrogens is 407 g/mol. The van der Waals surface area contributed by atoms with E-state index in [2.05, 4.69) is 9.47 Å². The molecule has 0 unspecified atom stereocenters. The fourth-order valence-electron chi connectivity index (χ4n) is 4.72. The van der Waals surface area contributed by atoms with Gasteiger partial charge < -0.3 is 20.9 Å².